The Labute approximate surface area is 148 Å². The molecule has 3 heterocycles. The molecular weight excluding hydrogens is 318 g/mol. The van der Waals surface area contributed by atoms with Crippen molar-refractivity contribution in [1.29, 1.82) is 0 Å². The van der Waals surface area contributed by atoms with Gasteiger partial charge in [-0.15, -0.1) is 0 Å². The molecule has 2 aromatic heterocycles. The summed E-state index contributed by atoms with van der Waals surface area (Å²) in [7, 11) is 2.02. The SMILES string of the molecule is Cc1cn[nH]c1[C@H]1COCCN1C(=O)CCN(C)Cc1cccnc1. The lowest BCUT2D eigenvalue weighted by atomic mass is 10.1. The van der Waals surface area contributed by atoms with Crippen LogP contribution in [0.1, 0.15) is 29.3 Å². The van der Waals surface area contributed by atoms with Crippen LogP contribution in [-0.2, 0) is 16.1 Å². The van der Waals surface area contributed by atoms with E-state index < -0.39 is 0 Å². The monoisotopic (exact) mass is 343 g/mol. The molecule has 134 valence electrons. The van der Waals surface area contributed by atoms with Gasteiger partial charge in [-0.2, -0.15) is 5.10 Å². The number of aromatic nitrogens is 3. The Morgan fingerprint density at radius 3 is 3.08 bits per heavy atom. The number of nitrogens with zero attached hydrogens (tertiary/aromatic N) is 4. The third-order valence-corrected chi connectivity index (χ3v) is 4.53. The van der Waals surface area contributed by atoms with E-state index >= 15 is 0 Å². The van der Waals surface area contributed by atoms with Gasteiger partial charge >= 0.3 is 0 Å². The van der Waals surface area contributed by atoms with Crippen LogP contribution >= 0.6 is 0 Å². The molecule has 1 amide bonds. The molecule has 0 saturated carbocycles. The molecule has 7 heteroatoms. The summed E-state index contributed by atoms with van der Waals surface area (Å²) in [4.78, 5) is 21.0. The predicted molar refractivity (Wildman–Crippen MR) is 93.8 cm³/mol. The second-order valence-electron chi connectivity index (χ2n) is 6.49. The summed E-state index contributed by atoms with van der Waals surface area (Å²) in [6.07, 6.45) is 5.90. The molecule has 0 radical (unpaired) electrons. The lowest BCUT2D eigenvalue weighted by Crippen LogP contribution is -2.44. The van der Waals surface area contributed by atoms with E-state index in [1.165, 1.54) is 0 Å². The molecule has 1 aliphatic heterocycles. The number of H-pyrrole nitrogens is 1. The number of carbonyl (C=O) groups excluding carboxylic acids is 1. The summed E-state index contributed by atoms with van der Waals surface area (Å²) in [6.45, 7) is 5.21. The van der Waals surface area contributed by atoms with Gasteiger partial charge in [0.25, 0.3) is 0 Å². The third-order valence-electron chi connectivity index (χ3n) is 4.53. The maximum atomic E-state index is 12.8. The molecule has 7 nitrogen and oxygen atoms in total. The van der Waals surface area contributed by atoms with Gasteiger partial charge in [-0.05, 0) is 31.2 Å². The van der Waals surface area contributed by atoms with Crippen molar-refractivity contribution in [2.75, 3.05) is 33.4 Å². The van der Waals surface area contributed by atoms with Crippen LogP contribution in [0.4, 0.5) is 0 Å². The Kier molecular flexibility index (Phi) is 5.78. The second-order valence-corrected chi connectivity index (χ2v) is 6.49. The van der Waals surface area contributed by atoms with Crippen LogP contribution in [0.5, 0.6) is 0 Å². The predicted octanol–water partition coefficient (Wildman–Crippen LogP) is 1.54. The average Bonchev–Trinajstić information content (AvgIpc) is 3.06. The van der Waals surface area contributed by atoms with Gasteiger partial charge in [0, 0.05) is 38.4 Å². The summed E-state index contributed by atoms with van der Waals surface area (Å²) >= 11 is 0. The summed E-state index contributed by atoms with van der Waals surface area (Å²) < 4.78 is 5.59. The molecule has 0 aromatic carbocycles. The second kappa shape index (κ2) is 8.22. The number of amides is 1. The first-order valence-corrected chi connectivity index (χ1v) is 8.59. The van der Waals surface area contributed by atoms with Crippen molar-refractivity contribution in [3.63, 3.8) is 0 Å². The number of morpholine rings is 1. The standard InChI is InChI=1S/C18H25N5O2/c1-14-10-20-21-18(14)16-13-25-9-8-23(16)17(24)5-7-22(2)12-15-4-3-6-19-11-15/h3-4,6,10-11,16H,5,7-9,12-13H2,1-2H3,(H,20,21)/t16-/m1/s1. The number of carbonyl (C=O) groups is 1. The third kappa shape index (κ3) is 4.43. The van der Waals surface area contributed by atoms with Gasteiger partial charge in [-0.25, -0.2) is 0 Å². The van der Waals surface area contributed by atoms with Crippen molar-refractivity contribution >= 4 is 5.91 Å². The first-order valence-electron chi connectivity index (χ1n) is 8.59. The van der Waals surface area contributed by atoms with Gasteiger partial charge in [-0.3, -0.25) is 14.9 Å². The fraction of sp³-hybridized carbons (Fsp3) is 0.500. The van der Waals surface area contributed by atoms with Crippen molar-refractivity contribution < 1.29 is 9.53 Å². The van der Waals surface area contributed by atoms with Crippen molar-refractivity contribution in [1.82, 2.24) is 25.0 Å². The molecule has 25 heavy (non-hydrogen) atoms. The minimum atomic E-state index is -0.0765. The Morgan fingerprint density at radius 2 is 2.36 bits per heavy atom. The highest BCUT2D eigenvalue weighted by molar-refractivity contribution is 5.77. The molecule has 1 N–H and O–H groups in total. The van der Waals surface area contributed by atoms with Crippen molar-refractivity contribution in [3.8, 4) is 0 Å². The van der Waals surface area contributed by atoms with Crippen molar-refractivity contribution in [2.24, 2.45) is 0 Å². The zero-order chi connectivity index (χ0) is 17.6. The maximum absolute atomic E-state index is 12.8. The number of aromatic amines is 1. The Morgan fingerprint density at radius 1 is 1.48 bits per heavy atom. The van der Waals surface area contributed by atoms with E-state index in [-0.39, 0.29) is 11.9 Å². The van der Waals surface area contributed by atoms with Crippen molar-refractivity contribution in [3.05, 3.63) is 47.5 Å². The minimum absolute atomic E-state index is 0.0765. The van der Waals surface area contributed by atoms with E-state index in [2.05, 4.69) is 20.1 Å². The molecule has 0 aliphatic carbocycles. The van der Waals surface area contributed by atoms with E-state index in [0.717, 1.165) is 23.4 Å². The molecule has 1 fully saturated rings. The van der Waals surface area contributed by atoms with E-state index in [1.54, 1.807) is 12.4 Å². The maximum Gasteiger partial charge on any atom is 0.224 e. The van der Waals surface area contributed by atoms with Gasteiger partial charge in [0.15, 0.2) is 0 Å². The smallest absolute Gasteiger partial charge is 0.224 e. The molecule has 2 aromatic rings. The highest BCUT2D eigenvalue weighted by atomic mass is 16.5. The number of hydrogen-bond acceptors (Lipinski definition) is 5. The molecule has 1 atom stereocenters. The highest BCUT2D eigenvalue weighted by Crippen LogP contribution is 2.25. The number of hydrogen-bond donors (Lipinski definition) is 1. The molecule has 3 rings (SSSR count). The largest absolute Gasteiger partial charge is 0.377 e. The summed E-state index contributed by atoms with van der Waals surface area (Å²) in [5.41, 5.74) is 3.17. The van der Waals surface area contributed by atoms with Crippen LogP contribution in [0, 0.1) is 6.92 Å². The first-order chi connectivity index (χ1) is 12.1. The lowest BCUT2D eigenvalue weighted by molar-refractivity contribution is -0.140. The van der Waals surface area contributed by atoms with Crippen LogP contribution in [0.25, 0.3) is 0 Å². The van der Waals surface area contributed by atoms with Gasteiger partial charge in [0.1, 0.15) is 0 Å². The summed E-state index contributed by atoms with van der Waals surface area (Å²) in [5, 5.41) is 7.10. The Hall–Kier alpha value is -2.25. The van der Waals surface area contributed by atoms with Crippen LogP contribution in [0.3, 0.4) is 0 Å². The van der Waals surface area contributed by atoms with Gasteiger partial charge in [-0.1, -0.05) is 6.07 Å². The molecule has 0 bridgehead atoms. The zero-order valence-corrected chi connectivity index (χ0v) is 14.8. The normalized spacial score (nSPS) is 17.9. The van der Waals surface area contributed by atoms with Gasteiger partial charge in [0.2, 0.25) is 5.91 Å². The Bertz CT molecular complexity index is 688. The number of aryl methyl sites for hydroxylation is 1. The van der Waals surface area contributed by atoms with Crippen molar-refractivity contribution in [2.45, 2.75) is 25.9 Å². The lowest BCUT2D eigenvalue weighted by Gasteiger charge is -2.35. The quantitative estimate of drug-likeness (QED) is 0.861. The van der Waals surface area contributed by atoms with E-state index in [1.807, 2.05) is 37.2 Å². The topological polar surface area (TPSA) is 74.3 Å². The molecule has 1 aliphatic rings. The van der Waals surface area contributed by atoms with E-state index in [9.17, 15) is 4.79 Å². The van der Waals surface area contributed by atoms with Crippen LogP contribution in [0.2, 0.25) is 0 Å². The summed E-state index contributed by atoms with van der Waals surface area (Å²) in [6, 6.07) is 3.90. The highest BCUT2D eigenvalue weighted by Gasteiger charge is 2.30. The molecule has 0 spiro atoms. The number of pyridine rings is 1. The molecule has 0 unspecified atom stereocenters. The fourth-order valence-corrected chi connectivity index (χ4v) is 3.15. The number of nitrogens with one attached hydrogen (secondary N) is 1. The Balaban J connectivity index is 1.56. The average molecular weight is 343 g/mol. The number of rotatable bonds is 6. The van der Waals surface area contributed by atoms with Crippen LogP contribution in [-0.4, -0.2) is 64.2 Å². The van der Waals surface area contributed by atoms with Gasteiger partial charge in [0.05, 0.1) is 31.1 Å². The number of ether oxygens (including phenoxy) is 1. The summed E-state index contributed by atoms with van der Waals surface area (Å²) in [5.74, 6) is 0.153. The minimum Gasteiger partial charge on any atom is -0.377 e. The fourth-order valence-electron chi connectivity index (χ4n) is 3.15. The first kappa shape index (κ1) is 17.6. The van der Waals surface area contributed by atoms with E-state index in [0.29, 0.717) is 32.7 Å². The van der Waals surface area contributed by atoms with Crippen LogP contribution in [0.15, 0.2) is 30.7 Å². The molecule has 1 saturated heterocycles. The zero-order valence-electron chi connectivity index (χ0n) is 14.8. The van der Waals surface area contributed by atoms with Gasteiger partial charge < -0.3 is 14.5 Å². The van der Waals surface area contributed by atoms with Crippen LogP contribution < -0.4 is 0 Å². The van der Waals surface area contributed by atoms with E-state index in [4.69, 9.17) is 4.74 Å². The molecular formula is C18H25N5O2.